The predicted octanol–water partition coefficient (Wildman–Crippen LogP) is 2.58. The average molecular weight is 190 g/mol. The number of alkyl halides is 2. The van der Waals surface area contributed by atoms with Crippen molar-refractivity contribution in [2.75, 3.05) is 6.61 Å². The Morgan fingerprint density at radius 3 is 2.08 bits per heavy atom. The number of rotatable bonds is 1. The molecule has 0 aromatic rings. The van der Waals surface area contributed by atoms with Crippen LogP contribution in [-0.2, 0) is 0 Å². The van der Waals surface area contributed by atoms with Gasteiger partial charge in [0.15, 0.2) is 0 Å². The second kappa shape index (κ2) is 2.91. The van der Waals surface area contributed by atoms with Crippen molar-refractivity contribution in [2.24, 2.45) is 11.3 Å². The zero-order valence-electron chi connectivity index (χ0n) is 7.73. The molecule has 0 heterocycles. The van der Waals surface area contributed by atoms with Crippen LogP contribution in [0.1, 0.15) is 38.5 Å². The Balaban J connectivity index is 1.86. The maximum Gasteiger partial charge on any atom is 0.248 e. The van der Waals surface area contributed by atoms with Gasteiger partial charge in [-0.05, 0) is 37.0 Å². The number of hydrogen-bond donors (Lipinski definition) is 1. The van der Waals surface area contributed by atoms with E-state index >= 15 is 0 Å². The van der Waals surface area contributed by atoms with E-state index in [4.69, 9.17) is 5.11 Å². The fraction of sp³-hybridized carbons (Fsp3) is 1.00. The molecule has 76 valence electrons. The lowest BCUT2D eigenvalue weighted by Crippen LogP contribution is -2.44. The fourth-order valence-corrected chi connectivity index (χ4v) is 2.85. The van der Waals surface area contributed by atoms with Crippen LogP contribution in [-0.4, -0.2) is 17.6 Å². The maximum atomic E-state index is 12.8. The zero-order chi connectivity index (χ0) is 9.53. The molecule has 0 amide bonds. The molecule has 0 atom stereocenters. The summed E-state index contributed by atoms with van der Waals surface area (Å²) in [6.07, 6.45) is 3.39. The molecule has 0 saturated heterocycles. The van der Waals surface area contributed by atoms with Crippen molar-refractivity contribution in [1.82, 2.24) is 0 Å². The van der Waals surface area contributed by atoms with Crippen molar-refractivity contribution in [1.29, 1.82) is 0 Å². The van der Waals surface area contributed by atoms with Gasteiger partial charge in [0.2, 0.25) is 5.92 Å². The third-order valence-electron chi connectivity index (χ3n) is 3.74. The molecular formula is C10H16F2O. The Morgan fingerprint density at radius 2 is 1.62 bits per heavy atom. The maximum absolute atomic E-state index is 12.8. The van der Waals surface area contributed by atoms with Crippen molar-refractivity contribution in [3.63, 3.8) is 0 Å². The van der Waals surface area contributed by atoms with E-state index in [0.29, 0.717) is 18.8 Å². The highest BCUT2D eigenvalue weighted by atomic mass is 19.3. The first-order chi connectivity index (χ1) is 6.05. The number of aliphatic hydroxyl groups is 1. The molecule has 0 unspecified atom stereocenters. The lowest BCUT2D eigenvalue weighted by atomic mass is 9.55. The highest BCUT2D eigenvalue weighted by molar-refractivity contribution is 4.97. The van der Waals surface area contributed by atoms with Gasteiger partial charge in [0.25, 0.3) is 0 Å². The van der Waals surface area contributed by atoms with E-state index in [1.807, 2.05) is 0 Å². The standard InChI is InChI=1S/C10H16F2O/c11-10(12)3-1-9(2-4-10)5-8(6-9)7-13/h8,13H,1-7H2. The normalized spacial score (nSPS) is 31.6. The summed E-state index contributed by atoms with van der Waals surface area (Å²) >= 11 is 0. The summed E-state index contributed by atoms with van der Waals surface area (Å²) < 4.78 is 25.7. The van der Waals surface area contributed by atoms with Crippen molar-refractivity contribution in [3.05, 3.63) is 0 Å². The van der Waals surface area contributed by atoms with Crippen LogP contribution < -0.4 is 0 Å². The first-order valence-electron chi connectivity index (χ1n) is 5.04. The van der Waals surface area contributed by atoms with E-state index in [9.17, 15) is 8.78 Å². The summed E-state index contributed by atoms with van der Waals surface area (Å²) in [5.74, 6) is -2.01. The summed E-state index contributed by atoms with van der Waals surface area (Å²) in [7, 11) is 0. The van der Waals surface area contributed by atoms with Gasteiger partial charge in [0.05, 0.1) is 0 Å². The Hall–Kier alpha value is -0.180. The van der Waals surface area contributed by atoms with E-state index < -0.39 is 5.92 Å². The van der Waals surface area contributed by atoms with E-state index in [0.717, 1.165) is 12.8 Å². The lowest BCUT2D eigenvalue weighted by molar-refractivity contribution is -0.107. The smallest absolute Gasteiger partial charge is 0.248 e. The molecular weight excluding hydrogens is 174 g/mol. The molecule has 1 spiro atoms. The molecule has 0 aromatic heterocycles. The van der Waals surface area contributed by atoms with Crippen molar-refractivity contribution < 1.29 is 13.9 Å². The predicted molar refractivity (Wildman–Crippen MR) is 45.7 cm³/mol. The van der Waals surface area contributed by atoms with Crippen LogP contribution >= 0.6 is 0 Å². The molecule has 1 N–H and O–H groups in total. The largest absolute Gasteiger partial charge is 0.396 e. The van der Waals surface area contributed by atoms with Crippen molar-refractivity contribution >= 4 is 0 Å². The summed E-state index contributed by atoms with van der Waals surface area (Å²) in [5, 5.41) is 8.85. The van der Waals surface area contributed by atoms with Crippen LogP contribution in [0.5, 0.6) is 0 Å². The Labute approximate surface area is 77.1 Å². The highest BCUT2D eigenvalue weighted by Gasteiger charge is 2.49. The van der Waals surface area contributed by atoms with Crippen LogP contribution in [0.25, 0.3) is 0 Å². The van der Waals surface area contributed by atoms with E-state index in [-0.39, 0.29) is 24.9 Å². The SMILES string of the molecule is OCC1CC2(CCC(F)(F)CC2)C1. The van der Waals surface area contributed by atoms with Crippen LogP contribution in [0.15, 0.2) is 0 Å². The average Bonchev–Trinajstić information content (AvgIpc) is 2.01. The third-order valence-corrected chi connectivity index (χ3v) is 3.74. The third kappa shape index (κ3) is 1.71. The van der Waals surface area contributed by atoms with Gasteiger partial charge < -0.3 is 5.11 Å². The molecule has 0 aromatic carbocycles. The van der Waals surface area contributed by atoms with Gasteiger partial charge in [0.1, 0.15) is 0 Å². The minimum Gasteiger partial charge on any atom is -0.396 e. The van der Waals surface area contributed by atoms with Gasteiger partial charge in [-0.2, -0.15) is 0 Å². The number of aliphatic hydroxyl groups excluding tert-OH is 1. The Morgan fingerprint density at radius 1 is 1.08 bits per heavy atom. The molecule has 0 aliphatic heterocycles. The quantitative estimate of drug-likeness (QED) is 0.673. The number of halogens is 2. The Kier molecular flexibility index (Phi) is 2.10. The molecule has 1 nitrogen and oxygen atoms in total. The Bertz CT molecular complexity index is 185. The first kappa shape index (κ1) is 9.38. The second-order valence-electron chi connectivity index (χ2n) is 4.81. The van der Waals surface area contributed by atoms with Gasteiger partial charge in [-0.25, -0.2) is 8.78 Å². The van der Waals surface area contributed by atoms with Crippen LogP contribution in [0.2, 0.25) is 0 Å². The topological polar surface area (TPSA) is 20.2 Å². The minimum atomic E-state index is -2.41. The molecule has 2 fully saturated rings. The summed E-state index contributed by atoms with van der Waals surface area (Å²) in [6.45, 7) is 0.234. The van der Waals surface area contributed by atoms with Gasteiger partial charge in [-0.15, -0.1) is 0 Å². The highest BCUT2D eigenvalue weighted by Crippen LogP contribution is 2.57. The van der Waals surface area contributed by atoms with E-state index in [1.165, 1.54) is 0 Å². The van der Waals surface area contributed by atoms with Gasteiger partial charge in [0, 0.05) is 19.4 Å². The summed E-state index contributed by atoms with van der Waals surface area (Å²) in [6, 6.07) is 0. The molecule has 0 radical (unpaired) electrons. The van der Waals surface area contributed by atoms with Crippen LogP contribution in [0.3, 0.4) is 0 Å². The molecule has 2 aliphatic carbocycles. The molecule has 2 rings (SSSR count). The summed E-state index contributed by atoms with van der Waals surface area (Å²) in [5.41, 5.74) is 0.190. The first-order valence-corrected chi connectivity index (χ1v) is 5.04. The summed E-state index contributed by atoms with van der Waals surface area (Å²) in [4.78, 5) is 0. The van der Waals surface area contributed by atoms with Crippen molar-refractivity contribution in [2.45, 2.75) is 44.4 Å². The lowest BCUT2D eigenvalue weighted by Gasteiger charge is -2.51. The monoisotopic (exact) mass is 190 g/mol. The zero-order valence-corrected chi connectivity index (χ0v) is 7.73. The minimum absolute atomic E-state index is 0.0607. The van der Waals surface area contributed by atoms with E-state index in [2.05, 4.69) is 0 Å². The molecule has 13 heavy (non-hydrogen) atoms. The van der Waals surface area contributed by atoms with Gasteiger partial charge in [-0.1, -0.05) is 0 Å². The van der Waals surface area contributed by atoms with Crippen LogP contribution in [0.4, 0.5) is 8.78 Å². The molecule has 3 heteroatoms. The van der Waals surface area contributed by atoms with Crippen molar-refractivity contribution in [3.8, 4) is 0 Å². The second-order valence-corrected chi connectivity index (χ2v) is 4.81. The molecule has 2 saturated carbocycles. The molecule has 0 bridgehead atoms. The molecule has 2 aliphatic rings. The fourth-order valence-electron chi connectivity index (χ4n) is 2.85. The van der Waals surface area contributed by atoms with Gasteiger partial charge in [-0.3, -0.25) is 0 Å². The van der Waals surface area contributed by atoms with Crippen LogP contribution in [0, 0.1) is 11.3 Å². The van der Waals surface area contributed by atoms with E-state index in [1.54, 1.807) is 0 Å². The van der Waals surface area contributed by atoms with Gasteiger partial charge >= 0.3 is 0 Å². The number of hydrogen-bond acceptors (Lipinski definition) is 1.